The second-order valence-electron chi connectivity index (χ2n) is 10.1. The third kappa shape index (κ3) is 5.93. The third-order valence-corrected chi connectivity index (χ3v) is 7.14. The van der Waals surface area contributed by atoms with Crippen molar-refractivity contribution in [3.63, 3.8) is 0 Å². The van der Waals surface area contributed by atoms with Crippen molar-refractivity contribution >= 4 is 17.5 Å². The van der Waals surface area contributed by atoms with E-state index in [4.69, 9.17) is 9.47 Å². The van der Waals surface area contributed by atoms with Crippen LogP contribution in [0, 0.1) is 19.3 Å². The molecule has 194 valence electrons. The van der Waals surface area contributed by atoms with E-state index in [9.17, 15) is 9.59 Å². The van der Waals surface area contributed by atoms with Gasteiger partial charge in [0.05, 0.1) is 24.9 Å². The molecule has 1 saturated heterocycles. The topological polar surface area (TPSA) is 98.6 Å². The lowest BCUT2D eigenvalue weighted by Crippen LogP contribution is -2.63. The highest BCUT2D eigenvalue weighted by atomic mass is 16.5. The van der Waals surface area contributed by atoms with Crippen LogP contribution < -0.4 is 14.8 Å². The number of benzene rings is 1. The summed E-state index contributed by atoms with van der Waals surface area (Å²) in [6.45, 7) is 5.73. The maximum atomic E-state index is 12.9. The largest absolute Gasteiger partial charge is 0.490 e. The maximum absolute atomic E-state index is 12.9. The number of nitrogens with zero attached hydrogens (tertiary/aromatic N) is 4. The second-order valence-corrected chi connectivity index (χ2v) is 10.1. The van der Waals surface area contributed by atoms with Crippen LogP contribution >= 0.6 is 0 Å². The van der Waals surface area contributed by atoms with Gasteiger partial charge in [0.15, 0.2) is 0 Å². The number of nitrogens with one attached hydrogen (secondary N) is 1. The van der Waals surface area contributed by atoms with Crippen molar-refractivity contribution in [3.8, 4) is 11.6 Å². The standard InChI is InChI=1S/C28H33N5O4/c1-20-8-10-23(11-9-20)37-24-6-4-13-28(24)18-32(19-28)27(35)17-33-16-22(15-29-33)31-25(34)12-14-36-26-7-3-5-21(2)30-26/h3,5,7-11,15-16,24H,4,6,12-14,17-19H2,1-2H3,(H,31,34). The molecule has 37 heavy (non-hydrogen) atoms. The van der Waals surface area contributed by atoms with E-state index in [0.29, 0.717) is 24.7 Å². The van der Waals surface area contributed by atoms with Gasteiger partial charge < -0.3 is 19.7 Å². The molecule has 2 amide bonds. The first-order valence-corrected chi connectivity index (χ1v) is 12.8. The van der Waals surface area contributed by atoms with Crippen molar-refractivity contribution in [2.45, 2.75) is 52.2 Å². The number of pyridine rings is 1. The molecule has 3 heterocycles. The highest BCUT2D eigenvalue weighted by molar-refractivity contribution is 5.90. The lowest BCUT2D eigenvalue weighted by molar-refractivity contribution is -0.149. The number of ether oxygens (including phenoxy) is 2. The van der Waals surface area contributed by atoms with Crippen LogP contribution in [-0.4, -0.2) is 57.3 Å². The van der Waals surface area contributed by atoms with E-state index in [0.717, 1.165) is 30.7 Å². The van der Waals surface area contributed by atoms with Crippen LogP contribution in [0.1, 0.15) is 36.9 Å². The van der Waals surface area contributed by atoms with E-state index in [-0.39, 0.29) is 42.9 Å². The van der Waals surface area contributed by atoms with Crippen molar-refractivity contribution in [3.05, 3.63) is 66.1 Å². The van der Waals surface area contributed by atoms with Crippen LogP contribution in [0.5, 0.6) is 11.6 Å². The van der Waals surface area contributed by atoms with Crippen LogP contribution in [0.4, 0.5) is 5.69 Å². The number of anilines is 1. The monoisotopic (exact) mass is 503 g/mol. The van der Waals surface area contributed by atoms with Crippen molar-refractivity contribution in [1.82, 2.24) is 19.7 Å². The Balaban J connectivity index is 1.06. The van der Waals surface area contributed by atoms with Gasteiger partial charge >= 0.3 is 0 Å². The summed E-state index contributed by atoms with van der Waals surface area (Å²) in [5.74, 6) is 1.22. The number of hydrogen-bond acceptors (Lipinski definition) is 6. The summed E-state index contributed by atoms with van der Waals surface area (Å²) < 4.78 is 13.4. The summed E-state index contributed by atoms with van der Waals surface area (Å²) in [5, 5.41) is 7.04. The normalized spacial score (nSPS) is 17.9. The molecule has 3 aromatic rings. The minimum absolute atomic E-state index is 0.0200. The number of carbonyl (C=O) groups excluding carboxylic acids is 2. The van der Waals surface area contributed by atoms with Gasteiger partial charge in [-0.15, -0.1) is 0 Å². The molecule has 5 rings (SSSR count). The minimum atomic E-state index is -0.191. The molecule has 1 unspecified atom stereocenters. The van der Waals surface area contributed by atoms with Gasteiger partial charge in [-0.3, -0.25) is 14.3 Å². The smallest absolute Gasteiger partial charge is 0.244 e. The van der Waals surface area contributed by atoms with E-state index >= 15 is 0 Å². The van der Waals surface area contributed by atoms with Gasteiger partial charge in [0.1, 0.15) is 18.4 Å². The van der Waals surface area contributed by atoms with Crippen molar-refractivity contribution in [1.29, 1.82) is 0 Å². The third-order valence-electron chi connectivity index (χ3n) is 7.14. The van der Waals surface area contributed by atoms with E-state index in [1.807, 2.05) is 36.1 Å². The van der Waals surface area contributed by atoms with Crippen molar-refractivity contribution in [2.75, 3.05) is 25.0 Å². The predicted molar refractivity (Wildman–Crippen MR) is 138 cm³/mol. The molecule has 2 fully saturated rings. The van der Waals surface area contributed by atoms with Gasteiger partial charge in [-0.2, -0.15) is 5.10 Å². The van der Waals surface area contributed by atoms with Gasteiger partial charge in [-0.05, 0) is 51.3 Å². The molecule has 1 aliphatic carbocycles. The molecular formula is C28H33N5O4. The van der Waals surface area contributed by atoms with Crippen LogP contribution in [0.2, 0.25) is 0 Å². The quantitative estimate of drug-likeness (QED) is 0.477. The zero-order valence-electron chi connectivity index (χ0n) is 21.4. The van der Waals surface area contributed by atoms with Gasteiger partial charge in [0.2, 0.25) is 17.7 Å². The Bertz CT molecular complexity index is 1250. The number of aromatic nitrogens is 3. The molecule has 1 aromatic carbocycles. The Hall–Kier alpha value is -3.88. The molecule has 9 nitrogen and oxygen atoms in total. The number of carbonyl (C=O) groups is 2. The molecular weight excluding hydrogens is 470 g/mol. The fourth-order valence-electron chi connectivity index (χ4n) is 5.15. The Kier molecular flexibility index (Phi) is 7.12. The van der Waals surface area contributed by atoms with Gasteiger partial charge in [-0.1, -0.05) is 23.8 Å². The minimum Gasteiger partial charge on any atom is -0.490 e. The Morgan fingerprint density at radius 3 is 2.73 bits per heavy atom. The molecule has 1 aliphatic heterocycles. The number of hydrogen-bond donors (Lipinski definition) is 1. The Morgan fingerprint density at radius 1 is 1.14 bits per heavy atom. The number of rotatable bonds is 9. The lowest BCUT2D eigenvalue weighted by atomic mass is 9.76. The summed E-state index contributed by atoms with van der Waals surface area (Å²) in [5.41, 5.74) is 2.66. The molecule has 9 heteroatoms. The van der Waals surface area contributed by atoms with Gasteiger partial charge in [0, 0.05) is 36.5 Å². The number of amides is 2. The molecule has 2 aromatic heterocycles. The molecule has 0 radical (unpaired) electrons. The van der Waals surface area contributed by atoms with Crippen molar-refractivity contribution in [2.24, 2.45) is 5.41 Å². The molecule has 2 aliphatic rings. The average molecular weight is 504 g/mol. The summed E-state index contributed by atoms with van der Waals surface area (Å²) in [7, 11) is 0. The van der Waals surface area contributed by atoms with Gasteiger partial charge in [0.25, 0.3) is 0 Å². The molecule has 1 saturated carbocycles. The fourth-order valence-corrected chi connectivity index (χ4v) is 5.15. The number of likely N-dealkylation sites (tertiary alicyclic amines) is 1. The highest BCUT2D eigenvalue weighted by Gasteiger charge is 2.54. The fraction of sp³-hybridized carbons (Fsp3) is 0.429. The Labute approximate surface area is 216 Å². The first kappa shape index (κ1) is 24.8. The zero-order chi connectivity index (χ0) is 25.8. The molecule has 1 N–H and O–H groups in total. The predicted octanol–water partition coefficient (Wildman–Crippen LogP) is 3.76. The van der Waals surface area contributed by atoms with Crippen LogP contribution in [0.25, 0.3) is 0 Å². The summed E-state index contributed by atoms with van der Waals surface area (Å²) in [6, 6.07) is 13.7. The van der Waals surface area contributed by atoms with Crippen molar-refractivity contribution < 1.29 is 19.1 Å². The molecule has 1 atom stereocenters. The lowest BCUT2D eigenvalue weighted by Gasteiger charge is -2.51. The van der Waals surface area contributed by atoms with Crippen LogP contribution in [0.3, 0.4) is 0 Å². The SMILES string of the molecule is Cc1ccc(OC2CCCC23CN(C(=O)Cn2cc(NC(=O)CCOc4cccc(C)n4)cn2)C3)cc1. The molecule has 0 bridgehead atoms. The number of aryl methyl sites for hydroxylation is 2. The first-order chi connectivity index (χ1) is 17.9. The summed E-state index contributed by atoms with van der Waals surface area (Å²) >= 11 is 0. The first-order valence-electron chi connectivity index (χ1n) is 12.8. The van der Waals surface area contributed by atoms with E-state index in [1.165, 1.54) is 5.56 Å². The van der Waals surface area contributed by atoms with E-state index in [2.05, 4.69) is 34.5 Å². The van der Waals surface area contributed by atoms with Crippen LogP contribution in [0.15, 0.2) is 54.9 Å². The Morgan fingerprint density at radius 2 is 1.95 bits per heavy atom. The van der Waals surface area contributed by atoms with E-state index < -0.39 is 0 Å². The second kappa shape index (κ2) is 10.6. The van der Waals surface area contributed by atoms with Crippen LogP contribution in [-0.2, 0) is 16.1 Å². The summed E-state index contributed by atoms with van der Waals surface area (Å²) in [6.07, 6.45) is 6.76. The summed E-state index contributed by atoms with van der Waals surface area (Å²) in [4.78, 5) is 31.3. The highest BCUT2D eigenvalue weighted by Crippen LogP contribution is 2.47. The maximum Gasteiger partial charge on any atom is 0.244 e. The van der Waals surface area contributed by atoms with E-state index in [1.54, 1.807) is 23.1 Å². The molecule has 1 spiro atoms. The van der Waals surface area contributed by atoms with Gasteiger partial charge in [-0.25, -0.2) is 4.98 Å². The zero-order valence-corrected chi connectivity index (χ0v) is 21.4. The average Bonchev–Trinajstić information content (AvgIpc) is 3.46.